The summed E-state index contributed by atoms with van der Waals surface area (Å²) in [5.41, 5.74) is 0.463. The van der Waals surface area contributed by atoms with E-state index >= 15 is 0 Å². The fourth-order valence-corrected chi connectivity index (χ4v) is 1.89. The summed E-state index contributed by atoms with van der Waals surface area (Å²) < 4.78 is 11.7. The number of carboxylic acids is 1. The predicted octanol–water partition coefficient (Wildman–Crippen LogP) is 0.439. The van der Waals surface area contributed by atoms with Crippen molar-refractivity contribution in [3.8, 4) is 11.5 Å². The molecule has 3 rings (SSSR count). The lowest BCUT2D eigenvalue weighted by atomic mass is 10.1. The molecule has 0 aliphatic carbocycles. The number of carbonyl (C=O) groups is 1. The van der Waals surface area contributed by atoms with Gasteiger partial charge in [-0.2, -0.15) is 0 Å². The minimum absolute atomic E-state index is 0.0971. The first-order valence-corrected chi connectivity index (χ1v) is 5.84. The van der Waals surface area contributed by atoms with Gasteiger partial charge in [-0.25, -0.2) is 9.48 Å². The Kier molecular flexibility index (Phi) is 2.99. The van der Waals surface area contributed by atoms with Crippen LogP contribution in [-0.4, -0.2) is 38.0 Å². The number of aromatic carboxylic acids is 1. The van der Waals surface area contributed by atoms with Gasteiger partial charge in [-0.3, -0.25) is 0 Å². The summed E-state index contributed by atoms with van der Waals surface area (Å²) in [4.78, 5) is 10.7. The van der Waals surface area contributed by atoms with Crippen LogP contribution in [0, 0.1) is 0 Å². The van der Waals surface area contributed by atoms with Crippen LogP contribution in [0.15, 0.2) is 24.4 Å². The second-order valence-corrected chi connectivity index (χ2v) is 4.26. The van der Waals surface area contributed by atoms with E-state index in [0.717, 1.165) is 0 Å². The van der Waals surface area contributed by atoms with Crippen LogP contribution in [0.4, 0.5) is 0 Å². The van der Waals surface area contributed by atoms with E-state index in [4.69, 9.17) is 14.6 Å². The maximum Gasteiger partial charge on any atom is 0.358 e. The standard InChI is InChI=1S/C12H11N3O5/c16-9(5-15-4-8(12(17)18)13-14-15)7-1-2-10-11(3-7)20-6-19-10/h1-4,9,16H,5-6H2,(H,17,18)/t9-/m0/s1. The summed E-state index contributed by atoms with van der Waals surface area (Å²) in [6.07, 6.45) is 0.409. The molecular formula is C12H11N3O5. The molecule has 8 heteroatoms. The SMILES string of the molecule is O=C(O)c1cn(C[C@H](O)c2ccc3c(c2)OCO3)nn1. The van der Waals surface area contributed by atoms with E-state index in [2.05, 4.69) is 10.3 Å². The topological polar surface area (TPSA) is 107 Å². The van der Waals surface area contributed by atoms with E-state index < -0.39 is 12.1 Å². The minimum atomic E-state index is -1.16. The zero-order valence-electron chi connectivity index (χ0n) is 10.3. The molecule has 2 aromatic rings. The monoisotopic (exact) mass is 277 g/mol. The maximum absolute atomic E-state index is 10.7. The van der Waals surface area contributed by atoms with Crippen molar-refractivity contribution < 1.29 is 24.5 Å². The van der Waals surface area contributed by atoms with Gasteiger partial charge in [-0.05, 0) is 17.7 Å². The number of ether oxygens (including phenoxy) is 2. The van der Waals surface area contributed by atoms with Crippen molar-refractivity contribution in [1.82, 2.24) is 15.0 Å². The number of aliphatic hydroxyl groups is 1. The van der Waals surface area contributed by atoms with Crippen molar-refractivity contribution in [2.24, 2.45) is 0 Å². The lowest BCUT2D eigenvalue weighted by Gasteiger charge is -2.11. The predicted molar refractivity (Wildman–Crippen MR) is 64.5 cm³/mol. The molecule has 1 aliphatic rings. The first-order valence-electron chi connectivity index (χ1n) is 5.84. The molecule has 1 aromatic heterocycles. The molecular weight excluding hydrogens is 266 g/mol. The molecule has 0 saturated carbocycles. The lowest BCUT2D eigenvalue weighted by molar-refractivity contribution is 0.0690. The Hall–Kier alpha value is -2.61. The molecule has 0 unspecified atom stereocenters. The van der Waals surface area contributed by atoms with Crippen LogP contribution >= 0.6 is 0 Å². The quantitative estimate of drug-likeness (QED) is 0.834. The second-order valence-electron chi connectivity index (χ2n) is 4.26. The highest BCUT2D eigenvalue weighted by Crippen LogP contribution is 2.34. The Balaban J connectivity index is 1.75. The molecule has 0 fully saturated rings. The Labute approximate surface area is 113 Å². The van der Waals surface area contributed by atoms with E-state index in [0.29, 0.717) is 17.1 Å². The number of aliphatic hydroxyl groups excluding tert-OH is 1. The number of hydrogen-bond acceptors (Lipinski definition) is 6. The lowest BCUT2D eigenvalue weighted by Crippen LogP contribution is -2.09. The average Bonchev–Trinajstić information content (AvgIpc) is 3.05. The summed E-state index contributed by atoms with van der Waals surface area (Å²) in [7, 11) is 0. The number of nitrogens with zero attached hydrogens (tertiary/aromatic N) is 3. The van der Waals surface area contributed by atoms with Crippen molar-refractivity contribution in [3.63, 3.8) is 0 Å². The van der Waals surface area contributed by atoms with Crippen LogP contribution in [0.1, 0.15) is 22.2 Å². The molecule has 0 spiro atoms. The van der Waals surface area contributed by atoms with Crippen molar-refractivity contribution in [1.29, 1.82) is 0 Å². The van der Waals surface area contributed by atoms with E-state index in [-0.39, 0.29) is 19.0 Å². The van der Waals surface area contributed by atoms with Gasteiger partial charge < -0.3 is 19.7 Å². The third-order valence-corrected chi connectivity index (χ3v) is 2.90. The first-order chi connectivity index (χ1) is 9.63. The van der Waals surface area contributed by atoms with Gasteiger partial charge in [-0.1, -0.05) is 11.3 Å². The normalized spacial score (nSPS) is 14.2. The fraction of sp³-hybridized carbons (Fsp3) is 0.250. The van der Waals surface area contributed by atoms with Gasteiger partial charge in [0.2, 0.25) is 6.79 Å². The molecule has 1 aliphatic heterocycles. The zero-order chi connectivity index (χ0) is 14.1. The number of hydrogen-bond donors (Lipinski definition) is 2. The van der Waals surface area contributed by atoms with Crippen LogP contribution in [0.2, 0.25) is 0 Å². The van der Waals surface area contributed by atoms with Gasteiger partial charge in [0, 0.05) is 0 Å². The Morgan fingerprint density at radius 1 is 1.40 bits per heavy atom. The summed E-state index contributed by atoms with van der Waals surface area (Å²) in [6.45, 7) is 0.264. The van der Waals surface area contributed by atoms with Crippen LogP contribution < -0.4 is 9.47 Å². The van der Waals surface area contributed by atoms with E-state index in [1.165, 1.54) is 10.9 Å². The molecule has 1 atom stereocenters. The van der Waals surface area contributed by atoms with Crippen molar-refractivity contribution in [2.75, 3.05) is 6.79 Å². The van der Waals surface area contributed by atoms with Gasteiger partial charge in [0.25, 0.3) is 0 Å². The van der Waals surface area contributed by atoms with Crippen molar-refractivity contribution in [3.05, 3.63) is 35.7 Å². The summed E-state index contributed by atoms with van der Waals surface area (Å²) >= 11 is 0. The van der Waals surface area contributed by atoms with Gasteiger partial charge in [-0.15, -0.1) is 5.10 Å². The van der Waals surface area contributed by atoms with Crippen LogP contribution in [-0.2, 0) is 6.54 Å². The number of aromatic nitrogens is 3. The van der Waals surface area contributed by atoms with Crippen LogP contribution in [0.25, 0.3) is 0 Å². The van der Waals surface area contributed by atoms with Crippen LogP contribution in [0.5, 0.6) is 11.5 Å². The van der Waals surface area contributed by atoms with Gasteiger partial charge >= 0.3 is 5.97 Å². The Morgan fingerprint density at radius 3 is 2.95 bits per heavy atom. The van der Waals surface area contributed by atoms with Gasteiger partial charge in [0.15, 0.2) is 17.2 Å². The van der Waals surface area contributed by atoms with E-state index in [9.17, 15) is 9.90 Å². The third kappa shape index (κ3) is 2.28. The molecule has 8 nitrogen and oxygen atoms in total. The highest BCUT2D eigenvalue weighted by molar-refractivity contribution is 5.84. The average molecular weight is 277 g/mol. The van der Waals surface area contributed by atoms with Crippen molar-refractivity contribution in [2.45, 2.75) is 12.6 Å². The molecule has 104 valence electrons. The second kappa shape index (κ2) is 4.82. The third-order valence-electron chi connectivity index (χ3n) is 2.90. The minimum Gasteiger partial charge on any atom is -0.476 e. The van der Waals surface area contributed by atoms with E-state index in [1.54, 1.807) is 18.2 Å². The number of carboxylic acid groups (broad SMARTS) is 1. The summed E-state index contributed by atoms with van der Waals surface area (Å²) in [5, 5.41) is 26.0. The summed E-state index contributed by atoms with van der Waals surface area (Å²) in [6, 6.07) is 5.11. The first kappa shape index (κ1) is 12.4. The Morgan fingerprint density at radius 2 is 2.20 bits per heavy atom. The molecule has 2 N–H and O–H groups in total. The Bertz CT molecular complexity index is 654. The fourth-order valence-electron chi connectivity index (χ4n) is 1.89. The number of fused-ring (bicyclic) bond motifs is 1. The molecule has 0 radical (unpaired) electrons. The van der Waals surface area contributed by atoms with Crippen LogP contribution in [0.3, 0.4) is 0 Å². The smallest absolute Gasteiger partial charge is 0.358 e. The largest absolute Gasteiger partial charge is 0.476 e. The molecule has 20 heavy (non-hydrogen) atoms. The maximum atomic E-state index is 10.7. The number of benzene rings is 1. The number of rotatable bonds is 4. The van der Waals surface area contributed by atoms with Gasteiger partial charge in [0.1, 0.15) is 0 Å². The van der Waals surface area contributed by atoms with Crippen molar-refractivity contribution >= 4 is 5.97 Å². The van der Waals surface area contributed by atoms with Gasteiger partial charge in [0.05, 0.1) is 18.8 Å². The highest BCUT2D eigenvalue weighted by Gasteiger charge is 2.18. The molecule has 0 amide bonds. The molecule has 0 bridgehead atoms. The zero-order valence-corrected chi connectivity index (χ0v) is 10.3. The molecule has 0 saturated heterocycles. The molecule has 1 aromatic carbocycles. The highest BCUT2D eigenvalue weighted by atomic mass is 16.7. The van der Waals surface area contributed by atoms with E-state index in [1.807, 2.05) is 0 Å². The summed E-state index contributed by atoms with van der Waals surface area (Å²) in [5.74, 6) is 0.0510. The molecule has 2 heterocycles.